The second-order valence-corrected chi connectivity index (χ2v) is 10.6. The molecule has 0 aliphatic rings. The van der Waals surface area contributed by atoms with E-state index >= 15 is 0 Å². The molecule has 0 aliphatic carbocycles. The Kier molecular flexibility index (Phi) is 6.11. The number of hydrogen-bond acceptors (Lipinski definition) is 7. The van der Waals surface area contributed by atoms with Crippen molar-refractivity contribution in [2.24, 2.45) is 7.05 Å². The summed E-state index contributed by atoms with van der Waals surface area (Å²) in [6.07, 6.45) is 4.82. The number of aryl methyl sites for hydroxylation is 1. The number of ether oxygens (including phenoxy) is 1. The maximum Gasteiger partial charge on any atom is 0.264 e. The lowest BCUT2D eigenvalue weighted by Crippen LogP contribution is -2.15. The zero-order valence-corrected chi connectivity index (χ0v) is 21.9. The van der Waals surface area contributed by atoms with E-state index in [-0.39, 0.29) is 11.6 Å². The molecule has 0 fully saturated rings. The highest BCUT2D eigenvalue weighted by Gasteiger charge is 2.22. The van der Waals surface area contributed by atoms with E-state index in [4.69, 9.17) is 4.74 Å². The smallest absolute Gasteiger partial charge is 0.264 e. The fraction of sp³-hybridized carbons (Fsp3) is 0.0714. The molecular formula is C28H20F2N6O3S. The molecule has 0 unspecified atom stereocenters. The molecule has 1 N–H and O–H groups in total. The fourth-order valence-electron chi connectivity index (χ4n) is 4.57. The average Bonchev–Trinajstić information content (AvgIpc) is 3.27. The van der Waals surface area contributed by atoms with E-state index < -0.39 is 26.6 Å². The van der Waals surface area contributed by atoms with E-state index in [2.05, 4.69) is 24.8 Å². The van der Waals surface area contributed by atoms with Crippen molar-refractivity contribution in [1.82, 2.24) is 24.7 Å². The molecule has 6 aromatic rings. The maximum absolute atomic E-state index is 14.3. The van der Waals surface area contributed by atoms with Gasteiger partial charge in [0.25, 0.3) is 10.0 Å². The number of halogens is 2. The van der Waals surface area contributed by atoms with Gasteiger partial charge in [0.2, 0.25) is 5.88 Å². The van der Waals surface area contributed by atoms with Crippen LogP contribution in [0.25, 0.3) is 44.3 Å². The van der Waals surface area contributed by atoms with Crippen LogP contribution < -0.4 is 9.46 Å². The third-order valence-electron chi connectivity index (χ3n) is 6.38. The third kappa shape index (κ3) is 4.47. The van der Waals surface area contributed by atoms with Gasteiger partial charge in [-0.25, -0.2) is 22.2 Å². The lowest BCUT2D eigenvalue weighted by atomic mass is 10.0. The van der Waals surface area contributed by atoms with Crippen molar-refractivity contribution in [3.05, 3.63) is 90.9 Å². The molecule has 0 spiro atoms. The maximum atomic E-state index is 14.3. The highest BCUT2D eigenvalue weighted by Crippen LogP contribution is 2.35. The third-order valence-corrected chi connectivity index (χ3v) is 7.78. The minimum Gasteiger partial charge on any atom is -0.480 e. The van der Waals surface area contributed by atoms with Crippen molar-refractivity contribution in [2.45, 2.75) is 4.90 Å². The quantitative estimate of drug-likeness (QED) is 0.294. The van der Waals surface area contributed by atoms with Crippen molar-refractivity contribution >= 4 is 37.6 Å². The summed E-state index contributed by atoms with van der Waals surface area (Å²) >= 11 is 0. The molecule has 0 bridgehead atoms. The molecule has 200 valence electrons. The van der Waals surface area contributed by atoms with Gasteiger partial charge < -0.3 is 4.74 Å². The van der Waals surface area contributed by atoms with Crippen molar-refractivity contribution in [1.29, 1.82) is 0 Å². The van der Waals surface area contributed by atoms with E-state index in [1.165, 1.54) is 19.4 Å². The van der Waals surface area contributed by atoms with Crippen LogP contribution in [0.1, 0.15) is 0 Å². The summed E-state index contributed by atoms with van der Waals surface area (Å²) in [7, 11) is -1.23. The van der Waals surface area contributed by atoms with Crippen LogP contribution in [-0.4, -0.2) is 40.3 Å². The Bertz CT molecular complexity index is 2050. The number of sulfonamides is 1. The molecule has 3 aromatic heterocycles. The largest absolute Gasteiger partial charge is 0.480 e. The standard InChI is InChI=1S/C28H20F2N6O3S/c1-36-27(17-4-7-23-24(12-17)32-10-9-31-23)20-11-16(3-6-22(20)34-36)18-13-25(28(39-2)33-15-18)35-40(37,38)26-8-5-19(29)14-21(26)30/h3-15,35H,1-2H3. The van der Waals surface area contributed by atoms with Crippen LogP contribution in [0.3, 0.4) is 0 Å². The predicted molar refractivity (Wildman–Crippen MR) is 146 cm³/mol. The summed E-state index contributed by atoms with van der Waals surface area (Å²) in [4.78, 5) is 12.3. The fourth-order valence-corrected chi connectivity index (χ4v) is 5.68. The van der Waals surface area contributed by atoms with Gasteiger partial charge in [-0.3, -0.25) is 19.4 Å². The summed E-state index contributed by atoms with van der Waals surface area (Å²) in [5, 5.41) is 5.49. The topological polar surface area (TPSA) is 112 Å². The minimum absolute atomic E-state index is 0.0108. The molecule has 9 nitrogen and oxygen atoms in total. The van der Waals surface area contributed by atoms with E-state index in [9.17, 15) is 17.2 Å². The molecule has 0 radical (unpaired) electrons. The van der Waals surface area contributed by atoms with Crippen molar-refractivity contribution in [2.75, 3.05) is 11.8 Å². The van der Waals surface area contributed by atoms with Crippen LogP contribution in [0.15, 0.2) is 84.1 Å². The molecule has 0 saturated heterocycles. The van der Waals surface area contributed by atoms with Gasteiger partial charge in [-0.1, -0.05) is 12.1 Å². The van der Waals surface area contributed by atoms with Crippen LogP contribution in [-0.2, 0) is 17.1 Å². The van der Waals surface area contributed by atoms with Gasteiger partial charge in [-0.05, 0) is 48.0 Å². The molecule has 0 saturated carbocycles. The molecule has 3 aromatic carbocycles. The predicted octanol–water partition coefficient (Wildman–Crippen LogP) is 5.33. The lowest BCUT2D eigenvalue weighted by molar-refractivity contribution is 0.400. The Morgan fingerprint density at radius 3 is 2.35 bits per heavy atom. The Labute approximate surface area is 227 Å². The minimum atomic E-state index is -4.42. The number of hydrogen-bond donors (Lipinski definition) is 1. The number of fused-ring (bicyclic) bond motifs is 2. The first-order valence-electron chi connectivity index (χ1n) is 11.9. The first kappa shape index (κ1) is 25.3. The van der Waals surface area contributed by atoms with Crippen LogP contribution in [0.2, 0.25) is 0 Å². The summed E-state index contributed by atoms with van der Waals surface area (Å²) in [5.74, 6) is -2.13. The van der Waals surface area contributed by atoms with Crippen LogP contribution in [0, 0.1) is 11.6 Å². The Morgan fingerprint density at radius 2 is 1.57 bits per heavy atom. The SMILES string of the molecule is COc1ncc(-c2ccc3nn(C)c(-c4ccc5nccnc5c4)c3c2)cc1NS(=O)(=O)c1ccc(F)cc1F. The van der Waals surface area contributed by atoms with Gasteiger partial charge in [-0.2, -0.15) is 5.10 Å². The van der Waals surface area contributed by atoms with Gasteiger partial charge in [0, 0.05) is 48.2 Å². The zero-order valence-electron chi connectivity index (χ0n) is 21.1. The molecule has 3 heterocycles. The first-order chi connectivity index (χ1) is 19.2. The zero-order chi connectivity index (χ0) is 28.0. The van der Waals surface area contributed by atoms with Crippen LogP contribution >= 0.6 is 0 Å². The summed E-state index contributed by atoms with van der Waals surface area (Å²) in [6, 6.07) is 15.2. The highest BCUT2D eigenvalue weighted by atomic mass is 32.2. The second kappa shape index (κ2) is 9.65. The van der Waals surface area contributed by atoms with E-state index in [1.807, 2.05) is 43.4 Å². The molecule has 6 rings (SSSR count). The highest BCUT2D eigenvalue weighted by molar-refractivity contribution is 7.92. The summed E-state index contributed by atoms with van der Waals surface area (Å²) < 4.78 is 62.8. The monoisotopic (exact) mass is 558 g/mol. The van der Waals surface area contributed by atoms with Crippen molar-refractivity contribution < 1.29 is 21.9 Å². The number of pyridine rings is 1. The number of rotatable bonds is 6. The number of anilines is 1. The molecule has 0 aliphatic heterocycles. The number of methoxy groups -OCH3 is 1. The lowest BCUT2D eigenvalue weighted by Gasteiger charge is -2.13. The number of nitrogens with zero attached hydrogens (tertiary/aromatic N) is 5. The van der Waals surface area contributed by atoms with Gasteiger partial charge in [-0.15, -0.1) is 0 Å². The molecule has 12 heteroatoms. The van der Waals surface area contributed by atoms with E-state index in [0.717, 1.165) is 50.9 Å². The van der Waals surface area contributed by atoms with Crippen LogP contribution in [0.4, 0.5) is 14.5 Å². The average molecular weight is 559 g/mol. The van der Waals surface area contributed by atoms with Gasteiger partial charge in [0.1, 0.15) is 22.2 Å². The van der Waals surface area contributed by atoms with E-state index in [0.29, 0.717) is 11.6 Å². The van der Waals surface area contributed by atoms with Crippen LogP contribution in [0.5, 0.6) is 5.88 Å². The Hall–Kier alpha value is -4.97. The molecule has 40 heavy (non-hydrogen) atoms. The second-order valence-electron chi connectivity index (χ2n) is 8.93. The first-order valence-corrected chi connectivity index (χ1v) is 13.4. The van der Waals surface area contributed by atoms with Crippen molar-refractivity contribution in [3.63, 3.8) is 0 Å². The Morgan fingerprint density at radius 1 is 0.825 bits per heavy atom. The van der Waals surface area contributed by atoms with Gasteiger partial charge >= 0.3 is 0 Å². The summed E-state index contributed by atoms with van der Waals surface area (Å²) in [5.41, 5.74) is 5.33. The van der Waals surface area contributed by atoms with E-state index in [1.54, 1.807) is 17.1 Å². The molecule has 0 atom stereocenters. The molecular weight excluding hydrogens is 538 g/mol. The Balaban J connectivity index is 1.43. The normalized spacial score (nSPS) is 11.7. The van der Waals surface area contributed by atoms with Gasteiger partial charge in [0.15, 0.2) is 0 Å². The molecule has 0 amide bonds. The van der Waals surface area contributed by atoms with Crippen molar-refractivity contribution in [3.8, 4) is 28.3 Å². The number of nitrogens with one attached hydrogen (secondary N) is 1. The summed E-state index contributed by atoms with van der Waals surface area (Å²) in [6.45, 7) is 0. The number of aromatic nitrogens is 5. The van der Waals surface area contributed by atoms with Gasteiger partial charge in [0.05, 0.1) is 29.4 Å². The number of benzene rings is 3.